The van der Waals surface area contributed by atoms with E-state index in [2.05, 4.69) is 54.0 Å². The highest BCUT2D eigenvalue weighted by molar-refractivity contribution is 7.17. The number of hydrogen-bond acceptors (Lipinski definition) is 4. The van der Waals surface area contributed by atoms with E-state index in [9.17, 15) is 9.59 Å². The zero-order valence-electron chi connectivity index (χ0n) is 20.6. The molecule has 2 N–H and O–H groups in total. The van der Waals surface area contributed by atoms with Crippen LogP contribution in [0.4, 0.5) is 0 Å². The Labute approximate surface area is 215 Å². The first-order chi connectivity index (χ1) is 17.5. The highest BCUT2D eigenvalue weighted by atomic mass is 32.1. The first-order valence-electron chi connectivity index (χ1n) is 12.2. The maximum atomic E-state index is 12.5. The minimum atomic E-state index is -0.932. The van der Waals surface area contributed by atoms with Crippen molar-refractivity contribution < 1.29 is 19.4 Å². The summed E-state index contributed by atoms with van der Waals surface area (Å²) < 4.78 is 6.68. The molecule has 0 bridgehead atoms. The number of rotatable bonds is 11. The van der Waals surface area contributed by atoms with Gasteiger partial charge in [0, 0.05) is 22.7 Å². The van der Waals surface area contributed by atoms with Gasteiger partial charge in [-0.3, -0.25) is 9.59 Å². The Balaban J connectivity index is 1.71. The normalized spacial score (nSPS) is 12.7. The third-order valence-corrected chi connectivity index (χ3v) is 7.53. The fraction of sp³-hybridized carbons (Fsp3) is 0.267. The van der Waals surface area contributed by atoms with Gasteiger partial charge in [-0.1, -0.05) is 55.8 Å². The number of carbonyl (C=O) groups is 2. The van der Waals surface area contributed by atoms with Gasteiger partial charge in [0.2, 0.25) is 0 Å². The topological polar surface area (TPSA) is 75.6 Å². The lowest BCUT2D eigenvalue weighted by atomic mass is 9.75. The molecule has 0 radical (unpaired) electrons. The highest BCUT2D eigenvalue weighted by Gasteiger charge is 2.28. The second-order valence-corrected chi connectivity index (χ2v) is 9.77. The molecular weight excluding hydrogens is 470 g/mol. The number of benzene rings is 3. The SMILES string of the molecule is CCC[C@H](c1ccc(C(=O)NCCC(=O)O)cc1)C(c1ccc(OC)cc1)c1csc2ccccc12. The van der Waals surface area contributed by atoms with Crippen LogP contribution in [0, 0.1) is 0 Å². The van der Waals surface area contributed by atoms with Gasteiger partial charge in [-0.15, -0.1) is 11.3 Å². The smallest absolute Gasteiger partial charge is 0.305 e. The summed E-state index contributed by atoms with van der Waals surface area (Å²) in [6.45, 7) is 2.31. The maximum Gasteiger partial charge on any atom is 0.305 e. The predicted molar refractivity (Wildman–Crippen MR) is 145 cm³/mol. The number of thiophene rings is 1. The zero-order chi connectivity index (χ0) is 25.5. The van der Waals surface area contributed by atoms with E-state index in [1.807, 2.05) is 36.4 Å². The van der Waals surface area contributed by atoms with Crippen LogP contribution in [0.5, 0.6) is 5.75 Å². The number of fused-ring (bicyclic) bond motifs is 1. The number of carboxylic acids is 1. The zero-order valence-corrected chi connectivity index (χ0v) is 21.4. The van der Waals surface area contributed by atoms with Crippen LogP contribution in [0.1, 0.15) is 65.1 Å². The second-order valence-electron chi connectivity index (χ2n) is 8.85. The van der Waals surface area contributed by atoms with E-state index < -0.39 is 5.97 Å². The van der Waals surface area contributed by atoms with Crippen LogP contribution >= 0.6 is 11.3 Å². The van der Waals surface area contributed by atoms with E-state index in [0.29, 0.717) is 5.56 Å². The van der Waals surface area contributed by atoms with Crippen molar-refractivity contribution in [3.63, 3.8) is 0 Å². The second kappa shape index (κ2) is 11.9. The van der Waals surface area contributed by atoms with Gasteiger partial charge < -0.3 is 15.2 Å². The molecule has 186 valence electrons. The van der Waals surface area contributed by atoms with Crippen molar-refractivity contribution in [1.29, 1.82) is 0 Å². The lowest BCUT2D eigenvalue weighted by Gasteiger charge is -2.29. The molecule has 0 fully saturated rings. The molecule has 0 aliphatic rings. The number of ether oxygens (including phenoxy) is 1. The van der Waals surface area contributed by atoms with Gasteiger partial charge in [-0.05, 0) is 70.1 Å². The Kier molecular flexibility index (Phi) is 8.39. The van der Waals surface area contributed by atoms with Crippen molar-refractivity contribution in [3.8, 4) is 5.75 Å². The van der Waals surface area contributed by atoms with Crippen molar-refractivity contribution in [2.75, 3.05) is 13.7 Å². The van der Waals surface area contributed by atoms with Crippen LogP contribution in [0.3, 0.4) is 0 Å². The summed E-state index contributed by atoms with van der Waals surface area (Å²) in [4.78, 5) is 23.2. The average molecular weight is 502 g/mol. The fourth-order valence-electron chi connectivity index (χ4n) is 4.78. The number of aliphatic carboxylic acids is 1. The van der Waals surface area contributed by atoms with E-state index in [1.165, 1.54) is 26.8 Å². The first kappa shape index (κ1) is 25.5. The molecule has 5 nitrogen and oxygen atoms in total. The van der Waals surface area contributed by atoms with Crippen molar-refractivity contribution in [1.82, 2.24) is 5.32 Å². The first-order valence-corrected chi connectivity index (χ1v) is 13.1. The number of nitrogens with one attached hydrogen (secondary N) is 1. The van der Waals surface area contributed by atoms with Crippen LogP contribution < -0.4 is 10.1 Å². The summed E-state index contributed by atoms with van der Waals surface area (Å²) in [7, 11) is 1.68. The van der Waals surface area contributed by atoms with Crippen molar-refractivity contribution in [3.05, 3.63) is 100 Å². The number of carbonyl (C=O) groups excluding carboxylic acids is 1. The van der Waals surface area contributed by atoms with Crippen LogP contribution in [0.15, 0.2) is 78.2 Å². The Bertz CT molecular complexity index is 1310. The maximum absolute atomic E-state index is 12.5. The minimum absolute atomic E-state index is 0.0967. The van der Waals surface area contributed by atoms with Gasteiger partial charge in [0.25, 0.3) is 5.91 Å². The average Bonchev–Trinajstić information content (AvgIpc) is 3.32. The minimum Gasteiger partial charge on any atom is -0.497 e. The summed E-state index contributed by atoms with van der Waals surface area (Å²) in [5.41, 5.74) is 4.25. The van der Waals surface area contributed by atoms with Gasteiger partial charge in [-0.2, -0.15) is 0 Å². The van der Waals surface area contributed by atoms with Gasteiger partial charge in [0.15, 0.2) is 0 Å². The van der Waals surface area contributed by atoms with Crippen LogP contribution in [0.2, 0.25) is 0 Å². The molecule has 2 atom stereocenters. The number of hydrogen-bond donors (Lipinski definition) is 2. The quantitative estimate of drug-likeness (QED) is 0.236. The van der Waals surface area contributed by atoms with Gasteiger partial charge >= 0.3 is 5.97 Å². The third-order valence-electron chi connectivity index (χ3n) is 6.55. The van der Waals surface area contributed by atoms with Gasteiger partial charge in [0.05, 0.1) is 13.5 Å². The molecule has 1 unspecified atom stereocenters. The molecular formula is C30H31NO4S. The summed E-state index contributed by atoms with van der Waals surface area (Å²) >= 11 is 1.77. The van der Waals surface area contributed by atoms with Crippen molar-refractivity contribution >= 4 is 33.3 Å². The van der Waals surface area contributed by atoms with E-state index in [0.717, 1.165) is 18.6 Å². The van der Waals surface area contributed by atoms with Crippen molar-refractivity contribution in [2.45, 2.75) is 38.0 Å². The molecule has 0 aliphatic carbocycles. The molecule has 1 heterocycles. The lowest BCUT2D eigenvalue weighted by Crippen LogP contribution is -2.26. The van der Waals surface area contributed by atoms with Crippen molar-refractivity contribution in [2.24, 2.45) is 0 Å². The Morgan fingerprint density at radius 2 is 1.67 bits per heavy atom. The third kappa shape index (κ3) is 5.77. The van der Waals surface area contributed by atoms with Crippen LogP contribution in [-0.4, -0.2) is 30.6 Å². The molecule has 0 spiro atoms. The lowest BCUT2D eigenvalue weighted by molar-refractivity contribution is -0.136. The molecule has 6 heteroatoms. The van der Waals surface area contributed by atoms with E-state index in [4.69, 9.17) is 9.84 Å². The number of amides is 1. The predicted octanol–water partition coefficient (Wildman–Crippen LogP) is 6.83. The Morgan fingerprint density at radius 3 is 2.33 bits per heavy atom. The Morgan fingerprint density at radius 1 is 0.972 bits per heavy atom. The molecule has 0 saturated heterocycles. The number of methoxy groups -OCH3 is 1. The molecule has 36 heavy (non-hydrogen) atoms. The van der Waals surface area contributed by atoms with Gasteiger partial charge in [-0.25, -0.2) is 0 Å². The van der Waals surface area contributed by atoms with E-state index in [-0.39, 0.29) is 30.7 Å². The molecule has 3 aromatic carbocycles. The summed E-state index contributed by atoms with van der Waals surface area (Å²) in [5, 5.41) is 15.0. The highest BCUT2D eigenvalue weighted by Crippen LogP contribution is 2.45. The van der Waals surface area contributed by atoms with E-state index >= 15 is 0 Å². The number of carboxylic acid groups (broad SMARTS) is 1. The van der Waals surface area contributed by atoms with Crippen LogP contribution in [-0.2, 0) is 4.79 Å². The van der Waals surface area contributed by atoms with Gasteiger partial charge in [0.1, 0.15) is 5.75 Å². The summed E-state index contributed by atoms with van der Waals surface area (Å²) in [5.74, 6) is -0.00490. The summed E-state index contributed by atoms with van der Waals surface area (Å²) in [6.07, 6.45) is 1.92. The molecule has 1 aromatic heterocycles. The fourth-order valence-corrected chi connectivity index (χ4v) is 5.78. The molecule has 0 aliphatic heterocycles. The molecule has 4 aromatic rings. The standard InChI is InChI=1S/C30H31NO4S/c1-3-6-24(20-9-11-22(12-10-20)30(34)31-18-17-28(32)33)29(21-13-15-23(35-2)16-14-21)26-19-36-27-8-5-4-7-25(26)27/h4-5,7-16,19,24,29H,3,6,17-18H2,1-2H3,(H,31,34)(H,32,33)/t24-,29?/m1/s1. The molecule has 0 saturated carbocycles. The largest absolute Gasteiger partial charge is 0.497 e. The monoisotopic (exact) mass is 501 g/mol. The van der Waals surface area contributed by atoms with Crippen LogP contribution in [0.25, 0.3) is 10.1 Å². The molecule has 1 amide bonds. The molecule has 4 rings (SSSR count). The Hall–Kier alpha value is -3.64. The summed E-state index contributed by atoms with van der Waals surface area (Å²) in [6, 6.07) is 24.6. The van der Waals surface area contributed by atoms with E-state index in [1.54, 1.807) is 18.4 Å².